The Bertz CT molecular complexity index is 1040. The number of fused-ring (bicyclic) bond motifs is 1. The Morgan fingerprint density at radius 2 is 2.10 bits per heavy atom. The molecule has 7 heteroatoms. The van der Waals surface area contributed by atoms with E-state index in [1.54, 1.807) is 6.07 Å². The van der Waals surface area contributed by atoms with E-state index in [4.69, 9.17) is 9.47 Å². The van der Waals surface area contributed by atoms with Crippen LogP contribution in [0, 0.1) is 12.7 Å². The minimum Gasteiger partial charge on any atom is -0.430 e. The fourth-order valence-corrected chi connectivity index (χ4v) is 4.93. The number of carbonyl (C=O) groups excluding carboxylic acids is 1. The SMILES string of the molecule is Cc1nc2cc([C@H](C)N3C[C@H](OC(=O)OCc4ccccc4)C[C@@H]3C)c(F)cc2s1. The zero-order valence-corrected chi connectivity index (χ0v) is 18.1. The number of hydrogen-bond donors (Lipinski definition) is 0. The third-order valence-corrected chi connectivity index (χ3v) is 6.54. The predicted molar refractivity (Wildman–Crippen MR) is 115 cm³/mol. The van der Waals surface area contributed by atoms with Crippen molar-refractivity contribution in [3.8, 4) is 0 Å². The summed E-state index contributed by atoms with van der Waals surface area (Å²) in [6.45, 7) is 6.69. The fraction of sp³-hybridized carbons (Fsp3) is 0.391. The van der Waals surface area contributed by atoms with Crippen molar-refractivity contribution >= 4 is 27.7 Å². The van der Waals surface area contributed by atoms with Crippen molar-refractivity contribution in [2.24, 2.45) is 0 Å². The van der Waals surface area contributed by atoms with E-state index in [1.807, 2.05) is 50.2 Å². The summed E-state index contributed by atoms with van der Waals surface area (Å²) in [5, 5.41) is 0.922. The van der Waals surface area contributed by atoms with Gasteiger partial charge in [0.25, 0.3) is 0 Å². The highest BCUT2D eigenvalue weighted by Gasteiger charge is 2.36. The molecule has 1 aliphatic rings. The van der Waals surface area contributed by atoms with Crippen LogP contribution in [0.5, 0.6) is 0 Å². The van der Waals surface area contributed by atoms with Gasteiger partial charge in [0.15, 0.2) is 0 Å². The first kappa shape index (κ1) is 20.8. The number of halogens is 1. The van der Waals surface area contributed by atoms with Crippen LogP contribution in [0.1, 0.15) is 42.4 Å². The van der Waals surface area contributed by atoms with E-state index in [0.29, 0.717) is 18.5 Å². The molecule has 2 heterocycles. The fourth-order valence-electron chi connectivity index (χ4n) is 4.10. The second-order valence-electron chi connectivity index (χ2n) is 7.80. The summed E-state index contributed by atoms with van der Waals surface area (Å²) in [7, 11) is 0. The second kappa shape index (κ2) is 8.70. The molecule has 0 unspecified atom stereocenters. The van der Waals surface area contributed by atoms with Crippen molar-refractivity contribution in [1.29, 1.82) is 0 Å². The normalized spacial score (nSPS) is 20.4. The molecule has 0 bridgehead atoms. The summed E-state index contributed by atoms with van der Waals surface area (Å²) in [6, 6.07) is 12.9. The smallest absolute Gasteiger partial charge is 0.430 e. The number of carbonyl (C=O) groups is 1. The van der Waals surface area contributed by atoms with Gasteiger partial charge in [0.05, 0.1) is 15.2 Å². The number of likely N-dealkylation sites (tertiary alicyclic amines) is 1. The monoisotopic (exact) mass is 428 g/mol. The van der Waals surface area contributed by atoms with Crippen LogP contribution < -0.4 is 0 Å². The average molecular weight is 429 g/mol. The molecule has 0 aliphatic carbocycles. The Balaban J connectivity index is 1.38. The third-order valence-electron chi connectivity index (χ3n) is 5.61. The van der Waals surface area contributed by atoms with E-state index >= 15 is 0 Å². The van der Waals surface area contributed by atoms with Crippen molar-refractivity contribution in [2.45, 2.75) is 52.0 Å². The number of aromatic nitrogens is 1. The topological polar surface area (TPSA) is 51.7 Å². The maximum Gasteiger partial charge on any atom is 0.508 e. The van der Waals surface area contributed by atoms with Gasteiger partial charge in [-0.15, -0.1) is 11.3 Å². The molecule has 1 aromatic heterocycles. The Morgan fingerprint density at radius 3 is 2.87 bits per heavy atom. The number of thiazole rings is 1. The molecule has 3 atom stereocenters. The van der Waals surface area contributed by atoms with Gasteiger partial charge in [0, 0.05) is 30.6 Å². The first-order chi connectivity index (χ1) is 14.4. The van der Waals surface area contributed by atoms with Crippen molar-refractivity contribution in [3.05, 3.63) is 64.4 Å². The van der Waals surface area contributed by atoms with Crippen LogP contribution in [0.2, 0.25) is 0 Å². The Kier molecular flexibility index (Phi) is 6.01. The van der Waals surface area contributed by atoms with Crippen LogP contribution in [-0.4, -0.2) is 34.7 Å². The van der Waals surface area contributed by atoms with Gasteiger partial charge in [0.2, 0.25) is 0 Å². The number of rotatable bonds is 5. The Hall–Kier alpha value is -2.51. The number of aryl methyl sites for hydroxylation is 1. The van der Waals surface area contributed by atoms with E-state index in [1.165, 1.54) is 11.3 Å². The van der Waals surface area contributed by atoms with Gasteiger partial charge in [0.1, 0.15) is 18.5 Å². The Labute approximate surface area is 179 Å². The quantitative estimate of drug-likeness (QED) is 0.494. The summed E-state index contributed by atoms with van der Waals surface area (Å²) >= 11 is 1.49. The lowest BCUT2D eigenvalue weighted by atomic mass is 10.0. The van der Waals surface area contributed by atoms with Crippen LogP contribution in [0.3, 0.4) is 0 Å². The van der Waals surface area contributed by atoms with Gasteiger partial charge in [-0.25, -0.2) is 14.2 Å². The summed E-state index contributed by atoms with van der Waals surface area (Å²) in [6.07, 6.45) is -0.264. The maximum atomic E-state index is 14.8. The molecule has 0 amide bonds. The van der Waals surface area contributed by atoms with Crippen molar-refractivity contribution in [3.63, 3.8) is 0 Å². The van der Waals surface area contributed by atoms with E-state index in [0.717, 1.165) is 20.8 Å². The molecule has 0 N–H and O–H groups in total. The number of benzene rings is 2. The number of ether oxygens (including phenoxy) is 2. The zero-order chi connectivity index (χ0) is 21.3. The van der Waals surface area contributed by atoms with Crippen molar-refractivity contribution < 1.29 is 18.7 Å². The van der Waals surface area contributed by atoms with Crippen molar-refractivity contribution in [1.82, 2.24) is 9.88 Å². The van der Waals surface area contributed by atoms with Crippen LogP contribution >= 0.6 is 11.3 Å². The lowest BCUT2D eigenvalue weighted by Crippen LogP contribution is -2.31. The van der Waals surface area contributed by atoms with E-state index in [2.05, 4.69) is 16.8 Å². The average Bonchev–Trinajstić information content (AvgIpc) is 3.26. The molecule has 5 nitrogen and oxygen atoms in total. The molecule has 30 heavy (non-hydrogen) atoms. The van der Waals surface area contributed by atoms with Gasteiger partial charge < -0.3 is 9.47 Å². The molecule has 0 spiro atoms. The zero-order valence-electron chi connectivity index (χ0n) is 17.3. The first-order valence-electron chi connectivity index (χ1n) is 10.1. The second-order valence-corrected chi connectivity index (χ2v) is 9.03. The molecular formula is C23H25FN2O3S. The van der Waals surface area contributed by atoms with Gasteiger partial charge >= 0.3 is 6.16 Å². The number of nitrogens with zero attached hydrogens (tertiary/aromatic N) is 2. The molecule has 1 fully saturated rings. The lowest BCUT2D eigenvalue weighted by Gasteiger charge is -2.28. The van der Waals surface area contributed by atoms with Crippen molar-refractivity contribution in [2.75, 3.05) is 6.54 Å². The first-order valence-corrected chi connectivity index (χ1v) is 10.9. The maximum absolute atomic E-state index is 14.8. The van der Waals surface area contributed by atoms with E-state index in [-0.39, 0.29) is 30.6 Å². The highest BCUT2D eigenvalue weighted by molar-refractivity contribution is 7.18. The molecule has 2 aromatic carbocycles. The highest BCUT2D eigenvalue weighted by atomic mass is 32.1. The largest absolute Gasteiger partial charge is 0.508 e. The molecule has 0 radical (unpaired) electrons. The highest BCUT2D eigenvalue weighted by Crippen LogP contribution is 2.34. The van der Waals surface area contributed by atoms with E-state index in [9.17, 15) is 9.18 Å². The molecule has 4 rings (SSSR count). The summed E-state index contributed by atoms with van der Waals surface area (Å²) in [5.41, 5.74) is 2.35. The summed E-state index contributed by atoms with van der Waals surface area (Å²) < 4.78 is 26.4. The minimum atomic E-state index is -0.670. The van der Waals surface area contributed by atoms with Gasteiger partial charge in [-0.2, -0.15) is 0 Å². The Morgan fingerprint density at radius 1 is 1.33 bits per heavy atom. The number of hydrogen-bond acceptors (Lipinski definition) is 6. The van der Waals surface area contributed by atoms with Crippen LogP contribution in [0.4, 0.5) is 9.18 Å². The van der Waals surface area contributed by atoms with Crippen LogP contribution in [-0.2, 0) is 16.1 Å². The lowest BCUT2D eigenvalue weighted by molar-refractivity contribution is 0.0207. The van der Waals surface area contributed by atoms with Crippen LogP contribution in [0.25, 0.3) is 10.2 Å². The van der Waals surface area contributed by atoms with E-state index < -0.39 is 6.16 Å². The minimum absolute atomic E-state index is 0.152. The molecule has 3 aromatic rings. The van der Waals surface area contributed by atoms with Gasteiger partial charge in [-0.3, -0.25) is 4.90 Å². The molecule has 0 saturated carbocycles. The third kappa shape index (κ3) is 4.47. The molecular weight excluding hydrogens is 403 g/mol. The molecule has 158 valence electrons. The summed E-state index contributed by atoms with van der Waals surface area (Å²) in [4.78, 5) is 18.8. The molecule has 1 saturated heterocycles. The summed E-state index contributed by atoms with van der Waals surface area (Å²) in [5.74, 6) is -0.225. The predicted octanol–water partition coefficient (Wildman–Crippen LogP) is 5.62. The molecule has 1 aliphatic heterocycles. The van der Waals surface area contributed by atoms with Gasteiger partial charge in [-0.05, 0) is 38.5 Å². The van der Waals surface area contributed by atoms with Crippen LogP contribution in [0.15, 0.2) is 42.5 Å². The van der Waals surface area contributed by atoms with Gasteiger partial charge in [-0.1, -0.05) is 30.3 Å². The standard InChI is InChI=1S/C23H25FN2O3S/c1-14-9-18(29-23(27)28-13-17-7-5-4-6-8-17)12-26(14)15(2)19-10-21-22(11-20(19)24)30-16(3)25-21/h4-8,10-11,14-15,18H,9,12-13H2,1-3H3/t14-,15-,18+/m0/s1.